The number of benzene rings is 1. The van der Waals surface area contributed by atoms with E-state index >= 15 is 0 Å². The van der Waals surface area contributed by atoms with Crippen LogP contribution in [-0.4, -0.2) is 24.9 Å². The molecule has 3 aliphatic rings. The van der Waals surface area contributed by atoms with Crippen molar-refractivity contribution < 1.29 is 14.0 Å². The summed E-state index contributed by atoms with van der Waals surface area (Å²) in [5.74, 6) is 1.82. The van der Waals surface area contributed by atoms with E-state index in [4.69, 9.17) is 4.43 Å². The minimum absolute atomic E-state index is 0.0427. The van der Waals surface area contributed by atoms with Crippen LogP contribution in [0.4, 0.5) is 0 Å². The van der Waals surface area contributed by atoms with Crippen LogP contribution >= 0.6 is 0 Å². The molecule has 5 atom stereocenters. The summed E-state index contributed by atoms with van der Waals surface area (Å²) in [7, 11) is -1.88. The lowest BCUT2D eigenvalue weighted by Crippen LogP contribution is -2.44. The van der Waals surface area contributed by atoms with Crippen molar-refractivity contribution in [3.05, 3.63) is 59.4 Å². The molecule has 0 radical (unpaired) electrons. The second kappa shape index (κ2) is 8.40. The Bertz CT molecular complexity index is 1150. The Morgan fingerprint density at radius 1 is 1.17 bits per heavy atom. The van der Waals surface area contributed by atoms with E-state index in [1.807, 2.05) is 0 Å². The van der Waals surface area contributed by atoms with Gasteiger partial charge in [0.1, 0.15) is 11.5 Å². The maximum atomic E-state index is 13.6. The van der Waals surface area contributed by atoms with Gasteiger partial charge in [-0.2, -0.15) is 0 Å². The number of nitrogens with zero attached hydrogens (tertiary/aromatic N) is 1. The Morgan fingerprint density at radius 3 is 2.63 bits per heavy atom. The lowest BCUT2D eigenvalue weighted by molar-refractivity contribution is -0.131. The summed E-state index contributed by atoms with van der Waals surface area (Å²) in [6.07, 6.45) is 7.95. The Hall–Kier alpha value is -2.27. The molecule has 0 amide bonds. The molecule has 2 saturated carbocycles. The molecule has 186 valence electrons. The predicted molar refractivity (Wildman–Crippen MR) is 141 cm³/mol. The van der Waals surface area contributed by atoms with E-state index in [1.54, 1.807) is 24.5 Å². The maximum absolute atomic E-state index is 13.6. The summed E-state index contributed by atoms with van der Waals surface area (Å²) in [5, 5.41) is 0.167. The third kappa shape index (κ3) is 4.00. The van der Waals surface area contributed by atoms with Gasteiger partial charge in [-0.1, -0.05) is 33.8 Å². The number of carbonyl (C=O) groups excluding carboxylic acids is 2. The summed E-state index contributed by atoms with van der Waals surface area (Å²) >= 11 is 0. The highest BCUT2D eigenvalue weighted by molar-refractivity contribution is 6.74. The molecule has 3 aliphatic carbocycles. The van der Waals surface area contributed by atoms with E-state index in [2.05, 4.69) is 64.0 Å². The summed E-state index contributed by atoms with van der Waals surface area (Å²) in [4.78, 5) is 31.0. The van der Waals surface area contributed by atoms with Crippen LogP contribution in [0.3, 0.4) is 0 Å². The van der Waals surface area contributed by atoms with Gasteiger partial charge in [0.15, 0.2) is 5.78 Å². The standard InChI is InChI=1S/C30H39NO3Si/c1-29(2,3)35(5,6)34-21-10-12-22-19(16-21)9-11-24-23(22)13-14-30(4)26(24)17-25(28(30)33)27(32)20-8-7-15-31-18-20/h7-8,10,12,15-16,18,23-26H,9,11,13-14,17H2,1-6H3/t23?,24?,25?,26?,30-/m0/s1. The first kappa shape index (κ1) is 24.4. The minimum atomic E-state index is -1.88. The zero-order chi connectivity index (χ0) is 25.2. The lowest BCUT2D eigenvalue weighted by atomic mass is 9.55. The van der Waals surface area contributed by atoms with Crippen molar-refractivity contribution in [3.8, 4) is 5.75 Å². The molecule has 0 N–H and O–H groups in total. The van der Waals surface area contributed by atoms with Gasteiger partial charge in [-0.15, -0.1) is 0 Å². The molecule has 1 heterocycles. The van der Waals surface area contributed by atoms with Crippen LogP contribution in [0.25, 0.3) is 0 Å². The number of aromatic nitrogens is 1. The molecule has 35 heavy (non-hydrogen) atoms. The van der Waals surface area contributed by atoms with Crippen molar-refractivity contribution in [3.63, 3.8) is 0 Å². The second-order valence-electron chi connectivity index (χ2n) is 12.9. The van der Waals surface area contributed by atoms with Crippen LogP contribution in [0.5, 0.6) is 5.75 Å². The van der Waals surface area contributed by atoms with Gasteiger partial charge in [0.25, 0.3) is 0 Å². The number of hydrogen-bond acceptors (Lipinski definition) is 4. The van der Waals surface area contributed by atoms with E-state index in [-0.39, 0.29) is 27.9 Å². The van der Waals surface area contributed by atoms with Crippen molar-refractivity contribution >= 4 is 19.9 Å². The van der Waals surface area contributed by atoms with Crippen molar-refractivity contribution in [2.24, 2.45) is 23.2 Å². The number of carbonyl (C=O) groups is 2. The largest absolute Gasteiger partial charge is 0.543 e. The summed E-state index contributed by atoms with van der Waals surface area (Å²) in [5.41, 5.74) is 3.04. The molecule has 5 heteroatoms. The number of aryl methyl sites for hydroxylation is 1. The molecule has 0 aliphatic heterocycles. The van der Waals surface area contributed by atoms with Crippen molar-refractivity contribution in [1.82, 2.24) is 4.98 Å². The highest BCUT2D eigenvalue weighted by Crippen LogP contribution is 2.61. The smallest absolute Gasteiger partial charge is 0.250 e. The summed E-state index contributed by atoms with van der Waals surface area (Å²) in [6.45, 7) is 13.6. The van der Waals surface area contributed by atoms with Crippen LogP contribution in [0.2, 0.25) is 18.1 Å². The highest BCUT2D eigenvalue weighted by Gasteiger charge is 2.59. The third-order valence-corrected chi connectivity index (χ3v) is 14.3. The molecular weight excluding hydrogens is 450 g/mol. The van der Waals surface area contributed by atoms with Crippen LogP contribution in [0.1, 0.15) is 80.8 Å². The Labute approximate surface area is 211 Å². The van der Waals surface area contributed by atoms with E-state index in [0.717, 1.165) is 31.4 Å². The zero-order valence-corrected chi connectivity index (χ0v) is 23.1. The van der Waals surface area contributed by atoms with Crippen LogP contribution in [0.15, 0.2) is 42.7 Å². The second-order valence-corrected chi connectivity index (χ2v) is 17.6. The van der Waals surface area contributed by atoms with Gasteiger partial charge in [-0.25, -0.2) is 0 Å². The molecule has 4 nitrogen and oxygen atoms in total. The fraction of sp³-hybridized carbons (Fsp3) is 0.567. The summed E-state index contributed by atoms with van der Waals surface area (Å²) < 4.78 is 6.60. The fourth-order valence-corrected chi connectivity index (χ4v) is 7.85. The minimum Gasteiger partial charge on any atom is -0.543 e. The molecule has 2 aromatic rings. The monoisotopic (exact) mass is 489 g/mol. The van der Waals surface area contributed by atoms with Gasteiger partial charge in [-0.3, -0.25) is 14.6 Å². The molecule has 1 aromatic heterocycles. The number of fused-ring (bicyclic) bond motifs is 5. The van der Waals surface area contributed by atoms with Gasteiger partial charge < -0.3 is 4.43 Å². The van der Waals surface area contributed by atoms with Crippen LogP contribution < -0.4 is 4.43 Å². The number of hydrogen-bond donors (Lipinski definition) is 0. The molecule has 2 fully saturated rings. The van der Waals surface area contributed by atoms with Crippen LogP contribution in [-0.2, 0) is 11.2 Å². The Kier molecular flexibility index (Phi) is 5.86. The Balaban J connectivity index is 1.39. The Morgan fingerprint density at radius 2 is 1.94 bits per heavy atom. The van der Waals surface area contributed by atoms with Crippen LogP contribution in [0, 0.1) is 23.2 Å². The van der Waals surface area contributed by atoms with Crippen molar-refractivity contribution in [1.29, 1.82) is 0 Å². The molecule has 5 rings (SSSR count). The fourth-order valence-electron chi connectivity index (χ4n) is 6.83. The average molecular weight is 490 g/mol. The van der Waals surface area contributed by atoms with E-state index in [9.17, 15) is 9.59 Å². The normalized spacial score (nSPS) is 30.3. The number of pyridine rings is 1. The highest BCUT2D eigenvalue weighted by atomic mass is 28.4. The summed E-state index contributed by atoms with van der Waals surface area (Å²) in [6, 6.07) is 10.3. The van der Waals surface area contributed by atoms with Crippen molar-refractivity contribution in [2.45, 2.75) is 83.8 Å². The molecule has 0 bridgehead atoms. The number of rotatable bonds is 4. The van der Waals surface area contributed by atoms with Gasteiger partial charge in [0, 0.05) is 23.4 Å². The predicted octanol–water partition coefficient (Wildman–Crippen LogP) is 7.00. The van der Waals surface area contributed by atoms with E-state index in [0.29, 0.717) is 23.8 Å². The first-order chi connectivity index (χ1) is 16.4. The lowest BCUT2D eigenvalue weighted by Gasteiger charge is -2.48. The van der Waals surface area contributed by atoms with E-state index in [1.165, 1.54) is 11.1 Å². The molecule has 0 spiro atoms. The molecule has 0 saturated heterocycles. The first-order valence-electron chi connectivity index (χ1n) is 13.2. The van der Waals surface area contributed by atoms with Gasteiger partial charge in [-0.05, 0) is 103 Å². The third-order valence-electron chi connectivity index (χ3n) is 9.90. The molecular formula is C30H39NO3Si. The maximum Gasteiger partial charge on any atom is 0.250 e. The quantitative estimate of drug-likeness (QED) is 0.264. The molecule has 1 aromatic carbocycles. The first-order valence-corrected chi connectivity index (χ1v) is 16.1. The SMILES string of the molecule is CC(C)(C)[Si](C)(C)Oc1ccc2c(c1)CCC1C2CC[C@]2(C)C(=O)C(C(=O)c3cccnc3)CC12. The average Bonchev–Trinajstić information content (AvgIpc) is 3.08. The molecule has 4 unspecified atom stereocenters. The van der Waals surface area contributed by atoms with Gasteiger partial charge in [0.2, 0.25) is 8.32 Å². The zero-order valence-electron chi connectivity index (χ0n) is 22.1. The topological polar surface area (TPSA) is 56.3 Å². The number of ketones is 2. The number of Topliss-reactive ketones (excluding diaryl/α,β-unsaturated/α-hetero) is 2. The van der Waals surface area contributed by atoms with Gasteiger partial charge in [0.05, 0.1) is 5.92 Å². The van der Waals surface area contributed by atoms with Gasteiger partial charge >= 0.3 is 0 Å². The van der Waals surface area contributed by atoms with E-state index < -0.39 is 14.2 Å². The van der Waals surface area contributed by atoms with Crippen molar-refractivity contribution in [2.75, 3.05) is 0 Å².